The van der Waals surface area contributed by atoms with Crippen molar-refractivity contribution in [1.29, 1.82) is 0 Å². The van der Waals surface area contributed by atoms with Gasteiger partial charge in [0.05, 0.1) is 0 Å². The van der Waals surface area contributed by atoms with Gasteiger partial charge in [0.1, 0.15) is 0 Å². The van der Waals surface area contributed by atoms with Gasteiger partial charge in [-0.3, -0.25) is 0 Å². The first-order valence-corrected chi connectivity index (χ1v) is 7.59. The molecule has 0 aliphatic carbocycles. The second-order valence-electron chi connectivity index (χ2n) is 5.20. The third-order valence-electron chi connectivity index (χ3n) is 3.72. The Labute approximate surface area is 109 Å². The quantitative estimate of drug-likeness (QED) is 0.726. The molecule has 1 saturated heterocycles. The Kier molecular flexibility index (Phi) is 9.85. The van der Waals surface area contributed by atoms with Crippen molar-refractivity contribution in [3.05, 3.63) is 0 Å². The van der Waals surface area contributed by atoms with Crippen LogP contribution in [0.15, 0.2) is 0 Å². The molecule has 104 valence electrons. The highest BCUT2D eigenvalue weighted by atomic mass is 15.2. The maximum atomic E-state index is 2.60. The summed E-state index contributed by atoms with van der Waals surface area (Å²) in [6.07, 6.45) is 5.38. The Bertz CT molecular complexity index is 160. The van der Waals surface area contributed by atoms with Crippen LogP contribution < -0.4 is 0 Å². The monoisotopic (exact) mass is 242 g/mol. The molecule has 0 aromatic carbocycles. The Hall–Kier alpha value is -0.0800. The highest BCUT2D eigenvalue weighted by molar-refractivity contribution is 4.79. The summed E-state index contributed by atoms with van der Waals surface area (Å²) in [5.41, 5.74) is 0. The number of hydrogen-bond acceptors (Lipinski definition) is 2. The van der Waals surface area contributed by atoms with Crippen LogP contribution in [0.25, 0.3) is 0 Å². The maximum Gasteiger partial charge on any atom is 0.0117 e. The smallest absolute Gasteiger partial charge is 0.0117 e. The van der Waals surface area contributed by atoms with Gasteiger partial charge in [-0.2, -0.15) is 0 Å². The van der Waals surface area contributed by atoms with Crippen molar-refractivity contribution in [3.8, 4) is 0 Å². The van der Waals surface area contributed by atoms with E-state index in [1.807, 2.05) is 13.8 Å². The molecule has 0 saturated carbocycles. The minimum atomic E-state index is 0.729. The van der Waals surface area contributed by atoms with Crippen molar-refractivity contribution >= 4 is 0 Å². The minimum Gasteiger partial charge on any atom is -0.303 e. The van der Waals surface area contributed by atoms with E-state index in [0.29, 0.717) is 0 Å². The zero-order valence-electron chi connectivity index (χ0n) is 13.0. The summed E-state index contributed by atoms with van der Waals surface area (Å²) in [7, 11) is 2.30. The number of likely N-dealkylation sites (tertiary alicyclic amines) is 1. The fraction of sp³-hybridized carbons (Fsp3) is 1.00. The van der Waals surface area contributed by atoms with E-state index in [2.05, 4.69) is 37.6 Å². The minimum absolute atomic E-state index is 0.729. The van der Waals surface area contributed by atoms with Gasteiger partial charge in [0.25, 0.3) is 0 Å². The second kappa shape index (κ2) is 9.90. The molecule has 0 amide bonds. The third kappa shape index (κ3) is 6.42. The lowest BCUT2D eigenvalue weighted by Crippen LogP contribution is -2.45. The number of piperidine rings is 1. The van der Waals surface area contributed by atoms with Crippen LogP contribution in [0.5, 0.6) is 0 Å². The average molecular weight is 242 g/mol. The van der Waals surface area contributed by atoms with Gasteiger partial charge in [-0.15, -0.1) is 0 Å². The van der Waals surface area contributed by atoms with Crippen molar-refractivity contribution in [3.63, 3.8) is 0 Å². The highest BCUT2D eigenvalue weighted by Gasteiger charge is 2.22. The van der Waals surface area contributed by atoms with Crippen LogP contribution in [0.3, 0.4) is 0 Å². The molecule has 0 unspecified atom stereocenters. The van der Waals surface area contributed by atoms with E-state index in [0.717, 1.165) is 12.1 Å². The predicted octanol–water partition coefficient (Wildman–Crippen LogP) is 3.62. The lowest BCUT2D eigenvalue weighted by molar-refractivity contribution is 0.107. The topological polar surface area (TPSA) is 6.48 Å². The summed E-state index contributed by atoms with van der Waals surface area (Å²) in [6.45, 7) is 14.7. The SMILES string of the molecule is CC.CCCCN(C)C1CCN(C(C)C)CC1. The molecular weight excluding hydrogens is 208 g/mol. The van der Waals surface area contributed by atoms with Crippen molar-refractivity contribution in [2.75, 3.05) is 26.7 Å². The van der Waals surface area contributed by atoms with Crippen molar-refractivity contribution in [1.82, 2.24) is 9.80 Å². The van der Waals surface area contributed by atoms with Gasteiger partial charge in [0, 0.05) is 12.1 Å². The summed E-state index contributed by atoms with van der Waals surface area (Å²) in [6, 6.07) is 1.57. The average Bonchev–Trinajstić information content (AvgIpc) is 2.38. The van der Waals surface area contributed by atoms with Crippen LogP contribution in [0.2, 0.25) is 0 Å². The molecule has 0 radical (unpaired) electrons. The maximum absolute atomic E-state index is 2.60. The third-order valence-corrected chi connectivity index (χ3v) is 3.72. The van der Waals surface area contributed by atoms with E-state index in [1.54, 1.807) is 0 Å². The standard InChI is InChI=1S/C13H28N2.C2H6/c1-5-6-9-14(4)13-7-10-15(11-8-13)12(2)3;1-2/h12-13H,5-11H2,1-4H3;1-2H3. The van der Waals surface area contributed by atoms with E-state index in [-0.39, 0.29) is 0 Å². The number of hydrogen-bond donors (Lipinski definition) is 0. The lowest BCUT2D eigenvalue weighted by Gasteiger charge is -2.38. The molecule has 0 spiro atoms. The van der Waals surface area contributed by atoms with Gasteiger partial charge in [-0.1, -0.05) is 27.2 Å². The molecule has 1 aliphatic heterocycles. The van der Waals surface area contributed by atoms with Crippen molar-refractivity contribution < 1.29 is 0 Å². The molecule has 1 heterocycles. The molecule has 0 bridgehead atoms. The van der Waals surface area contributed by atoms with E-state index in [9.17, 15) is 0 Å². The van der Waals surface area contributed by atoms with E-state index in [4.69, 9.17) is 0 Å². The van der Waals surface area contributed by atoms with Crippen LogP contribution in [0.1, 0.15) is 60.3 Å². The van der Waals surface area contributed by atoms with E-state index < -0.39 is 0 Å². The fourth-order valence-corrected chi connectivity index (χ4v) is 2.43. The summed E-state index contributed by atoms with van der Waals surface area (Å²) in [5.74, 6) is 0. The van der Waals surface area contributed by atoms with Gasteiger partial charge in [-0.05, 0) is 59.8 Å². The number of nitrogens with zero attached hydrogens (tertiary/aromatic N) is 2. The summed E-state index contributed by atoms with van der Waals surface area (Å²) < 4.78 is 0. The van der Waals surface area contributed by atoms with Gasteiger partial charge in [-0.25, -0.2) is 0 Å². The first kappa shape index (κ1) is 16.9. The zero-order chi connectivity index (χ0) is 13.3. The Morgan fingerprint density at radius 3 is 2.12 bits per heavy atom. The molecule has 2 heteroatoms. The molecule has 1 rings (SSSR count). The predicted molar refractivity (Wildman–Crippen MR) is 78.6 cm³/mol. The molecule has 2 nitrogen and oxygen atoms in total. The highest BCUT2D eigenvalue weighted by Crippen LogP contribution is 2.17. The lowest BCUT2D eigenvalue weighted by atomic mass is 10.0. The molecular formula is C15H34N2. The molecule has 17 heavy (non-hydrogen) atoms. The van der Waals surface area contributed by atoms with Gasteiger partial charge < -0.3 is 9.80 Å². The Morgan fingerprint density at radius 2 is 1.71 bits per heavy atom. The molecule has 1 aliphatic rings. The number of unbranched alkanes of at least 4 members (excludes halogenated alkanes) is 1. The second-order valence-corrected chi connectivity index (χ2v) is 5.20. The first-order chi connectivity index (χ1) is 8.15. The van der Waals surface area contributed by atoms with Gasteiger partial charge in [0.15, 0.2) is 0 Å². The Morgan fingerprint density at radius 1 is 1.18 bits per heavy atom. The number of rotatable bonds is 5. The van der Waals surface area contributed by atoms with E-state index in [1.165, 1.54) is 45.3 Å². The summed E-state index contributed by atoms with van der Waals surface area (Å²) >= 11 is 0. The first-order valence-electron chi connectivity index (χ1n) is 7.59. The molecule has 0 atom stereocenters. The normalized spacial score (nSPS) is 18.4. The van der Waals surface area contributed by atoms with Crippen LogP contribution >= 0.6 is 0 Å². The van der Waals surface area contributed by atoms with Gasteiger partial charge in [0.2, 0.25) is 0 Å². The van der Waals surface area contributed by atoms with Crippen molar-refractivity contribution in [2.24, 2.45) is 0 Å². The molecule has 0 aromatic heterocycles. The molecule has 1 fully saturated rings. The fourth-order valence-electron chi connectivity index (χ4n) is 2.43. The zero-order valence-corrected chi connectivity index (χ0v) is 13.0. The largest absolute Gasteiger partial charge is 0.303 e. The van der Waals surface area contributed by atoms with Gasteiger partial charge >= 0.3 is 0 Å². The van der Waals surface area contributed by atoms with E-state index >= 15 is 0 Å². The van der Waals surface area contributed by atoms with Crippen molar-refractivity contribution in [2.45, 2.75) is 72.4 Å². The summed E-state index contributed by atoms with van der Waals surface area (Å²) in [4.78, 5) is 5.17. The van der Waals surface area contributed by atoms with Crippen LogP contribution in [-0.4, -0.2) is 48.6 Å². The van der Waals surface area contributed by atoms with Crippen LogP contribution in [0.4, 0.5) is 0 Å². The van der Waals surface area contributed by atoms with Crippen LogP contribution in [0, 0.1) is 0 Å². The molecule has 0 aromatic rings. The summed E-state index contributed by atoms with van der Waals surface area (Å²) in [5, 5.41) is 0. The Balaban J connectivity index is 0.00000121. The van der Waals surface area contributed by atoms with Crippen LogP contribution in [-0.2, 0) is 0 Å². The molecule has 0 N–H and O–H groups in total.